The standard InChI is InChI=1S/C26H31N5O4/c1-17-13-23-27-15-21(18(2)31(23)28-17)25(33)30-12-9-26(16-30)7-10-29(11-8-26)24(32)20-14-19(34-3)5-6-22(20)35-4/h5-6,13-15H,7-12,16H2,1-4H3. The Morgan fingerprint density at radius 3 is 2.29 bits per heavy atom. The Bertz CT molecular complexity index is 1290. The molecule has 5 rings (SSSR count). The van der Waals surface area contributed by atoms with Crippen LogP contribution < -0.4 is 9.47 Å². The van der Waals surface area contributed by atoms with Crippen molar-refractivity contribution >= 4 is 17.5 Å². The molecule has 0 N–H and O–H groups in total. The molecule has 2 saturated heterocycles. The first-order valence-electron chi connectivity index (χ1n) is 12.0. The number of carbonyl (C=O) groups excluding carboxylic acids is 2. The Balaban J connectivity index is 1.27. The van der Waals surface area contributed by atoms with E-state index in [1.165, 1.54) is 0 Å². The number of piperidine rings is 1. The van der Waals surface area contributed by atoms with Crippen LogP contribution in [0.5, 0.6) is 11.5 Å². The molecule has 184 valence electrons. The number of rotatable bonds is 4. The molecule has 2 aliphatic heterocycles. The summed E-state index contributed by atoms with van der Waals surface area (Å²) in [6, 6.07) is 7.18. The highest BCUT2D eigenvalue weighted by atomic mass is 16.5. The van der Waals surface area contributed by atoms with Crippen LogP contribution in [0.2, 0.25) is 0 Å². The van der Waals surface area contributed by atoms with Gasteiger partial charge in [0.2, 0.25) is 0 Å². The average molecular weight is 478 g/mol. The molecule has 9 heteroatoms. The molecule has 35 heavy (non-hydrogen) atoms. The number of aromatic nitrogens is 3. The summed E-state index contributed by atoms with van der Waals surface area (Å²) in [6.45, 7) is 6.55. The number of amides is 2. The van der Waals surface area contributed by atoms with Gasteiger partial charge in [-0.05, 0) is 56.7 Å². The van der Waals surface area contributed by atoms with Crippen molar-refractivity contribution in [2.75, 3.05) is 40.4 Å². The third-order valence-corrected chi connectivity index (χ3v) is 7.55. The van der Waals surface area contributed by atoms with Gasteiger partial charge in [0.05, 0.1) is 36.7 Å². The van der Waals surface area contributed by atoms with Crippen LogP contribution >= 0.6 is 0 Å². The van der Waals surface area contributed by atoms with Gasteiger partial charge < -0.3 is 19.3 Å². The van der Waals surface area contributed by atoms with Crippen molar-refractivity contribution in [1.29, 1.82) is 0 Å². The number of nitrogens with zero attached hydrogens (tertiary/aromatic N) is 5. The van der Waals surface area contributed by atoms with E-state index in [0.29, 0.717) is 48.8 Å². The molecule has 0 unspecified atom stereocenters. The lowest BCUT2D eigenvalue weighted by Crippen LogP contribution is -2.44. The number of hydrogen-bond acceptors (Lipinski definition) is 6. The fourth-order valence-electron chi connectivity index (χ4n) is 5.40. The van der Waals surface area contributed by atoms with Crippen molar-refractivity contribution in [2.45, 2.75) is 33.1 Å². The van der Waals surface area contributed by atoms with Crippen LogP contribution in [0.25, 0.3) is 5.65 Å². The van der Waals surface area contributed by atoms with E-state index in [0.717, 1.165) is 36.3 Å². The van der Waals surface area contributed by atoms with Crippen LogP contribution in [0.15, 0.2) is 30.5 Å². The molecule has 0 aliphatic carbocycles. The van der Waals surface area contributed by atoms with Gasteiger partial charge in [-0.15, -0.1) is 0 Å². The van der Waals surface area contributed by atoms with Gasteiger partial charge in [-0.3, -0.25) is 9.59 Å². The van der Waals surface area contributed by atoms with Crippen LogP contribution in [0.3, 0.4) is 0 Å². The van der Waals surface area contributed by atoms with E-state index < -0.39 is 0 Å². The van der Waals surface area contributed by atoms with Crippen LogP contribution in [0.4, 0.5) is 0 Å². The maximum Gasteiger partial charge on any atom is 0.257 e. The summed E-state index contributed by atoms with van der Waals surface area (Å²) in [7, 11) is 3.15. The average Bonchev–Trinajstić information content (AvgIpc) is 3.47. The Morgan fingerprint density at radius 2 is 1.60 bits per heavy atom. The number of ether oxygens (including phenoxy) is 2. The molecular formula is C26H31N5O4. The van der Waals surface area contributed by atoms with E-state index in [1.807, 2.05) is 29.7 Å². The first-order valence-corrected chi connectivity index (χ1v) is 12.0. The molecule has 2 aromatic heterocycles. The molecule has 0 saturated carbocycles. The number of benzene rings is 1. The number of carbonyl (C=O) groups is 2. The highest BCUT2D eigenvalue weighted by Gasteiger charge is 2.43. The van der Waals surface area contributed by atoms with Gasteiger partial charge in [-0.25, -0.2) is 9.50 Å². The summed E-state index contributed by atoms with van der Waals surface area (Å²) in [6.07, 6.45) is 4.34. The van der Waals surface area contributed by atoms with E-state index >= 15 is 0 Å². The van der Waals surface area contributed by atoms with Gasteiger partial charge in [-0.1, -0.05) is 0 Å². The lowest BCUT2D eigenvalue weighted by Gasteiger charge is -2.39. The lowest BCUT2D eigenvalue weighted by atomic mass is 9.77. The summed E-state index contributed by atoms with van der Waals surface area (Å²) in [5.41, 5.74) is 3.58. The van der Waals surface area contributed by atoms with Crippen molar-refractivity contribution in [3.8, 4) is 11.5 Å². The molecule has 3 aromatic rings. The first kappa shape index (κ1) is 23.1. The quantitative estimate of drug-likeness (QED) is 0.574. The van der Waals surface area contributed by atoms with Gasteiger partial charge in [0, 0.05) is 38.4 Å². The van der Waals surface area contributed by atoms with Gasteiger partial charge >= 0.3 is 0 Å². The minimum Gasteiger partial charge on any atom is -0.497 e. The highest BCUT2D eigenvalue weighted by molar-refractivity contribution is 5.97. The van der Waals surface area contributed by atoms with Crippen molar-refractivity contribution in [3.05, 3.63) is 53.0 Å². The smallest absolute Gasteiger partial charge is 0.257 e. The fourth-order valence-corrected chi connectivity index (χ4v) is 5.40. The van der Waals surface area contributed by atoms with Crippen LogP contribution in [-0.4, -0.2) is 76.6 Å². The Hall–Kier alpha value is -3.62. The zero-order valence-corrected chi connectivity index (χ0v) is 20.7. The lowest BCUT2D eigenvalue weighted by molar-refractivity contribution is 0.0562. The second-order valence-corrected chi connectivity index (χ2v) is 9.65. The zero-order chi connectivity index (χ0) is 24.7. The Kier molecular flexibility index (Phi) is 5.86. The van der Waals surface area contributed by atoms with E-state index in [2.05, 4.69) is 10.1 Å². The Morgan fingerprint density at radius 1 is 0.914 bits per heavy atom. The number of fused-ring (bicyclic) bond motifs is 1. The summed E-state index contributed by atoms with van der Waals surface area (Å²) >= 11 is 0. The SMILES string of the molecule is COc1ccc(OC)c(C(=O)N2CCC3(CC2)CCN(C(=O)c2cnc4cc(C)nn4c2C)C3)c1. The molecule has 9 nitrogen and oxygen atoms in total. The number of likely N-dealkylation sites (tertiary alicyclic amines) is 2. The van der Waals surface area contributed by atoms with E-state index in [-0.39, 0.29) is 17.2 Å². The van der Waals surface area contributed by atoms with Gasteiger partial charge in [0.1, 0.15) is 11.5 Å². The van der Waals surface area contributed by atoms with Gasteiger partial charge in [0.15, 0.2) is 5.65 Å². The largest absolute Gasteiger partial charge is 0.497 e. The van der Waals surface area contributed by atoms with Crippen LogP contribution in [-0.2, 0) is 0 Å². The predicted octanol–water partition coefficient (Wildman–Crippen LogP) is 3.13. The van der Waals surface area contributed by atoms with E-state index in [9.17, 15) is 9.59 Å². The van der Waals surface area contributed by atoms with Crippen molar-refractivity contribution in [2.24, 2.45) is 5.41 Å². The van der Waals surface area contributed by atoms with Gasteiger partial charge in [-0.2, -0.15) is 5.10 Å². The normalized spacial score (nSPS) is 17.3. The topological polar surface area (TPSA) is 89.3 Å². The summed E-state index contributed by atoms with van der Waals surface area (Å²) in [4.78, 5) is 34.9. The zero-order valence-electron chi connectivity index (χ0n) is 20.7. The molecule has 1 aromatic carbocycles. The summed E-state index contributed by atoms with van der Waals surface area (Å²) < 4.78 is 12.5. The molecule has 1 spiro atoms. The molecule has 2 fully saturated rings. The van der Waals surface area contributed by atoms with Crippen molar-refractivity contribution in [1.82, 2.24) is 24.4 Å². The molecule has 0 radical (unpaired) electrons. The molecule has 0 atom stereocenters. The molecule has 2 aliphatic rings. The van der Waals surface area contributed by atoms with Crippen LogP contribution in [0.1, 0.15) is 51.4 Å². The molecule has 2 amide bonds. The molecule has 0 bridgehead atoms. The maximum absolute atomic E-state index is 13.4. The highest BCUT2D eigenvalue weighted by Crippen LogP contribution is 2.41. The molecule has 4 heterocycles. The minimum absolute atomic E-state index is 0.00144. The maximum atomic E-state index is 13.4. The van der Waals surface area contributed by atoms with E-state index in [4.69, 9.17) is 9.47 Å². The first-order chi connectivity index (χ1) is 16.8. The minimum atomic E-state index is -0.0500. The summed E-state index contributed by atoms with van der Waals surface area (Å²) in [5.74, 6) is 1.12. The second-order valence-electron chi connectivity index (χ2n) is 9.65. The predicted molar refractivity (Wildman–Crippen MR) is 130 cm³/mol. The van der Waals surface area contributed by atoms with E-state index in [1.54, 1.807) is 43.1 Å². The fraction of sp³-hybridized carbons (Fsp3) is 0.462. The number of hydrogen-bond donors (Lipinski definition) is 0. The van der Waals surface area contributed by atoms with Crippen LogP contribution in [0, 0.1) is 19.3 Å². The third kappa shape index (κ3) is 4.09. The monoisotopic (exact) mass is 477 g/mol. The van der Waals surface area contributed by atoms with Crippen molar-refractivity contribution in [3.63, 3.8) is 0 Å². The summed E-state index contributed by atoms with van der Waals surface area (Å²) in [5, 5.41) is 4.47. The second kappa shape index (κ2) is 8.87. The molecular weight excluding hydrogens is 446 g/mol. The van der Waals surface area contributed by atoms with Crippen molar-refractivity contribution < 1.29 is 19.1 Å². The number of methoxy groups -OCH3 is 2. The third-order valence-electron chi connectivity index (χ3n) is 7.55. The number of aryl methyl sites for hydroxylation is 2. The Labute approximate surface area is 204 Å². The van der Waals surface area contributed by atoms with Gasteiger partial charge in [0.25, 0.3) is 11.8 Å².